The second-order valence-electron chi connectivity index (χ2n) is 5.15. The van der Waals surface area contributed by atoms with Crippen LogP contribution in [-0.2, 0) is 12.0 Å². The van der Waals surface area contributed by atoms with Crippen molar-refractivity contribution in [3.05, 3.63) is 40.7 Å². The molecule has 0 radical (unpaired) electrons. The molecule has 1 aromatic carbocycles. The van der Waals surface area contributed by atoms with Crippen molar-refractivity contribution in [3.63, 3.8) is 0 Å². The van der Waals surface area contributed by atoms with E-state index in [1.54, 1.807) is 0 Å². The lowest BCUT2D eigenvalue weighted by Gasteiger charge is -2.12. The standard InChI is InChI=1S/C13H16ClN3S/c1-13(2,3)11-16-12(18-17-11)15-8-9-4-6-10(14)7-5-9/h4-7H,8H2,1-3H3,(H,15,16,17). The van der Waals surface area contributed by atoms with Gasteiger partial charge in [-0.15, -0.1) is 0 Å². The van der Waals surface area contributed by atoms with E-state index in [4.69, 9.17) is 11.6 Å². The minimum Gasteiger partial charge on any atom is -0.356 e. The number of aromatic nitrogens is 2. The van der Waals surface area contributed by atoms with Crippen molar-refractivity contribution in [2.45, 2.75) is 32.7 Å². The molecule has 1 N–H and O–H groups in total. The SMILES string of the molecule is CC(C)(C)c1nsc(NCc2ccc(Cl)cc2)n1. The first kappa shape index (κ1) is 13.3. The molecule has 0 aliphatic carbocycles. The van der Waals surface area contributed by atoms with Gasteiger partial charge in [-0.05, 0) is 17.7 Å². The Labute approximate surface area is 116 Å². The molecule has 0 aliphatic heterocycles. The maximum absolute atomic E-state index is 5.84. The van der Waals surface area contributed by atoms with Crippen molar-refractivity contribution in [1.29, 1.82) is 0 Å². The van der Waals surface area contributed by atoms with Crippen LogP contribution in [0.2, 0.25) is 5.02 Å². The number of hydrogen-bond donors (Lipinski definition) is 1. The van der Waals surface area contributed by atoms with Crippen molar-refractivity contribution >= 4 is 28.3 Å². The molecule has 3 nitrogen and oxygen atoms in total. The smallest absolute Gasteiger partial charge is 0.202 e. The van der Waals surface area contributed by atoms with Crippen LogP contribution >= 0.6 is 23.1 Å². The van der Waals surface area contributed by atoms with E-state index in [1.165, 1.54) is 17.1 Å². The summed E-state index contributed by atoms with van der Waals surface area (Å²) in [4.78, 5) is 4.48. The van der Waals surface area contributed by atoms with Crippen LogP contribution in [0.5, 0.6) is 0 Å². The molecule has 96 valence electrons. The van der Waals surface area contributed by atoms with Crippen LogP contribution in [-0.4, -0.2) is 9.36 Å². The Morgan fingerprint density at radius 1 is 1.22 bits per heavy atom. The van der Waals surface area contributed by atoms with E-state index in [1.807, 2.05) is 24.3 Å². The molecule has 0 amide bonds. The summed E-state index contributed by atoms with van der Waals surface area (Å²) >= 11 is 7.24. The van der Waals surface area contributed by atoms with E-state index in [0.717, 1.165) is 22.5 Å². The first-order valence-electron chi connectivity index (χ1n) is 5.77. The lowest BCUT2D eigenvalue weighted by molar-refractivity contribution is 0.555. The molecular formula is C13H16ClN3S. The number of nitrogens with zero attached hydrogens (tertiary/aromatic N) is 2. The lowest BCUT2D eigenvalue weighted by Crippen LogP contribution is -2.13. The van der Waals surface area contributed by atoms with Gasteiger partial charge in [-0.2, -0.15) is 4.37 Å². The second kappa shape index (κ2) is 5.24. The zero-order valence-electron chi connectivity index (χ0n) is 10.7. The van der Waals surface area contributed by atoms with Gasteiger partial charge in [-0.3, -0.25) is 0 Å². The molecule has 0 fully saturated rings. The molecule has 0 saturated heterocycles. The summed E-state index contributed by atoms with van der Waals surface area (Å²) < 4.78 is 4.36. The predicted octanol–water partition coefficient (Wildman–Crippen LogP) is 4.10. The largest absolute Gasteiger partial charge is 0.356 e. The van der Waals surface area contributed by atoms with Crippen molar-refractivity contribution in [1.82, 2.24) is 9.36 Å². The Kier molecular flexibility index (Phi) is 3.88. The van der Waals surface area contributed by atoms with Gasteiger partial charge in [0.25, 0.3) is 0 Å². The molecule has 0 atom stereocenters. The third-order valence-corrected chi connectivity index (χ3v) is 3.38. The predicted molar refractivity (Wildman–Crippen MR) is 77.4 cm³/mol. The van der Waals surface area contributed by atoms with Crippen LogP contribution in [0.3, 0.4) is 0 Å². The van der Waals surface area contributed by atoms with E-state index in [2.05, 4.69) is 35.4 Å². The fourth-order valence-corrected chi connectivity index (χ4v) is 2.26. The van der Waals surface area contributed by atoms with Gasteiger partial charge in [-0.25, -0.2) is 4.98 Å². The maximum Gasteiger partial charge on any atom is 0.202 e. The molecule has 2 rings (SSSR count). The van der Waals surface area contributed by atoms with Crippen LogP contribution in [0.4, 0.5) is 5.13 Å². The minimum atomic E-state index is -0.00327. The van der Waals surface area contributed by atoms with Gasteiger partial charge in [0, 0.05) is 28.5 Å². The maximum atomic E-state index is 5.84. The molecule has 0 saturated carbocycles. The molecule has 18 heavy (non-hydrogen) atoms. The second-order valence-corrected chi connectivity index (χ2v) is 6.34. The molecule has 0 bridgehead atoms. The van der Waals surface area contributed by atoms with E-state index in [9.17, 15) is 0 Å². The summed E-state index contributed by atoms with van der Waals surface area (Å²) in [7, 11) is 0. The van der Waals surface area contributed by atoms with Gasteiger partial charge in [-0.1, -0.05) is 44.5 Å². The van der Waals surface area contributed by atoms with Crippen LogP contribution in [0.15, 0.2) is 24.3 Å². The summed E-state index contributed by atoms with van der Waals surface area (Å²) in [5.41, 5.74) is 1.17. The molecule has 0 unspecified atom stereocenters. The lowest BCUT2D eigenvalue weighted by atomic mass is 9.96. The average Bonchev–Trinajstić information content (AvgIpc) is 2.77. The Hall–Kier alpha value is -1.13. The fraction of sp³-hybridized carbons (Fsp3) is 0.385. The number of benzene rings is 1. The normalized spacial score (nSPS) is 11.6. The van der Waals surface area contributed by atoms with Gasteiger partial charge >= 0.3 is 0 Å². The Balaban J connectivity index is 1.98. The third kappa shape index (κ3) is 3.43. The molecule has 0 aliphatic rings. The zero-order valence-corrected chi connectivity index (χ0v) is 12.3. The van der Waals surface area contributed by atoms with Crippen molar-refractivity contribution in [2.75, 3.05) is 5.32 Å². The fourth-order valence-electron chi connectivity index (χ4n) is 1.38. The highest BCUT2D eigenvalue weighted by Crippen LogP contribution is 2.23. The summed E-state index contributed by atoms with van der Waals surface area (Å²) in [6.07, 6.45) is 0. The third-order valence-electron chi connectivity index (χ3n) is 2.45. The van der Waals surface area contributed by atoms with Crippen molar-refractivity contribution in [3.8, 4) is 0 Å². The number of nitrogens with one attached hydrogen (secondary N) is 1. The van der Waals surface area contributed by atoms with Crippen molar-refractivity contribution in [2.24, 2.45) is 0 Å². The first-order valence-corrected chi connectivity index (χ1v) is 6.93. The number of halogens is 1. The monoisotopic (exact) mass is 281 g/mol. The van der Waals surface area contributed by atoms with Gasteiger partial charge in [0.2, 0.25) is 5.13 Å². The van der Waals surface area contributed by atoms with E-state index < -0.39 is 0 Å². The van der Waals surface area contributed by atoms with Crippen LogP contribution < -0.4 is 5.32 Å². The minimum absolute atomic E-state index is 0.00327. The van der Waals surface area contributed by atoms with Crippen LogP contribution in [0.25, 0.3) is 0 Å². The molecule has 1 heterocycles. The topological polar surface area (TPSA) is 37.8 Å². The summed E-state index contributed by atoms with van der Waals surface area (Å²) in [5, 5.41) is 4.89. The molecule has 0 spiro atoms. The number of anilines is 1. The highest BCUT2D eigenvalue weighted by atomic mass is 35.5. The van der Waals surface area contributed by atoms with E-state index >= 15 is 0 Å². The first-order chi connectivity index (χ1) is 8.45. The summed E-state index contributed by atoms with van der Waals surface area (Å²) in [5.74, 6) is 0.881. The van der Waals surface area contributed by atoms with Crippen LogP contribution in [0, 0.1) is 0 Å². The highest BCUT2D eigenvalue weighted by Gasteiger charge is 2.19. The van der Waals surface area contributed by atoms with Gasteiger partial charge in [0.05, 0.1) is 0 Å². The zero-order chi connectivity index (χ0) is 13.2. The average molecular weight is 282 g/mol. The van der Waals surface area contributed by atoms with Crippen LogP contribution in [0.1, 0.15) is 32.2 Å². The summed E-state index contributed by atoms with van der Waals surface area (Å²) in [6, 6.07) is 7.78. The molecule has 2 aromatic rings. The highest BCUT2D eigenvalue weighted by molar-refractivity contribution is 7.09. The van der Waals surface area contributed by atoms with Crippen molar-refractivity contribution < 1.29 is 0 Å². The number of rotatable bonds is 3. The van der Waals surface area contributed by atoms with Gasteiger partial charge in [0.1, 0.15) is 5.82 Å². The Bertz CT molecular complexity index is 514. The summed E-state index contributed by atoms with van der Waals surface area (Å²) in [6.45, 7) is 7.06. The Morgan fingerprint density at radius 2 is 1.89 bits per heavy atom. The van der Waals surface area contributed by atoms with Gasteiger partial charge in [0.15, 0.2) is 0 Å². The molecular weight excluding hydrogens is 266 g/mol. The van der Waals surface area contributed by atoms with Gasteiger partial charge < -0.3 is 5.32 Å². The molecule has 5 heteroatoms. The quantitative estimate of drug-likeness (QED) is 0.920. The van der Waals surface area contributed by atoms with E-state index in [0.29, 0.717) is 0 Å². The van der Waals surface area contributed by atoms with E-state index in [-0.39, 0.29) is 5.41 Å². The number of hydrogen-bond acceptors (Lipinski definition) is 4. The molecule has 1 aromatic heterocycles. The Morgan fingerprint density at radius 3 is 2.44 bits per heavy atom.